The Morgan fingerprint density at radius 2 is 1.64 bits per heavy atom. The predicted molar refractivity (Wildman–Crippen MR) is 152 cm³/mol. The van der Waals surface area contributed by atoms with Gasteiger partial charge in [0, 0.05) is 16.1 Å². The molecule has 1 aliphatic carbocycles. The van der Waals surface area contributed by atoms with E-state index >= 15 is 4.57 Å². The first-order chi connectivity index (χ1) is 17.1. The summed E-state index contributed by atoms with van der Waals surface area (Å²) in [4.78, 5) is 13.2. The van der Waals surface area contributed by atoms with Crippen molar-refractivity contribution in [2.45, 2.75) is 105 Å². The number of ether oxygens (including phenoxy) is 1. The summed E-state index contributed by atoms with van der Waals surface area (Å²) < 4.78 is 21.2. The molecule has 0 aromatic heterocycles. The lowest BCUT2D eigenvalue weighted by Gasteiger charge is -2.45. The quantitative estimate of drug-likeness (QED) is 0.197. The van der Waals surface area contributed by atoms with Crippen molar-refractivity contribution in [2.24, 2.45) is 5.92 Å². The summed E-state index contributed by atoms with van der Waals surface area (Å²) in [5.74, 6) is 0.0932. The van der Waals surface area contributed by atoms with E-state index < -0.39 is 12.8 Å². The number of esters is 1. The molecule has 4 nitrogen and oxygen atoms in total. The molecular formula is C31H46NO3P. The molecule has 1 aliphatic rings. The highest BCUT2D eigenvalue weighted by Crippen LogP contribution is 2.48. The first kappa shape index (κ1) is 28.7. The normalized spacial score (nSPS) is 17.8. The van der Waals surface area contributed by atoms with Crippen molar-refractivity contribution in [3.63, 3.8) is 0 Å². The SMILES string of the molecule is CCCCOC(=O)C[C@@](CC)(NP(=O)(c1cc(C)cc(C)c1)c1cc(C)ccc1C)C1CCCCC1. The summed E-state index contributed by atoms with van der Waals surface area (Å²) in [6.07, 6.45) is 8.44. The number of hydrogen-bond donors (Lipinski definition) is 1. The molecule has 0 heterocycles. The molecule has 198 valence electrons. The third kappa shape index (κ3) is 6.69. The molecule has 0 radical (unpaired) electrons. The first-order valence-electron chi connectivity index (χ1n) is 13.9. The van der Waals surface area contributed by atoms with Crippen molar-refractivity contribution < 1.29 is 14.1 Å². The Kier molecular flexibility index (Phi) is 10.0. The average Bonchev–Trinajstić information content (AvgIpc) is 2.85. The summed E-state index contributed by atoms with van der Waals surface area (Å²) in [6, 6.07) is 12.4. The Morgan fingerprint density at radius 1 is 0.972 bits per heavy atom. The monoisotopic (exact) mass is 511 g/mol. The maximum absolute atomic E-state index is 15.5. The molecule has 5 heteroatoms. The molecule has 0 bridgehead atoms. The van der Waals surface area contributed by atoms with Crippen LogP contribution in [-0.2, 0) is 14.1 Å². The van der Waals surface area contributed by atoms with E-state index in [0.29, 0.717) is 6.61 Å². The van der Waals surface area contributed by atoms with E-state index in [1.165, 1.54) is 6.42 Å². The van der Waals surface area contributed by atoms with Crippen molar-refractivity contribution in [1.29, 1.82) is 0 Å². The van der Waals surface area contributed by atoms with Gasteiger partial charge < -0.3 is 4.74 Å². The van der Waals surface area contributed by atoms with Gasteiger partial charge in [0.2, 0.25) is 7.29 Å². The maximum Gasteiger partial charge on any atom is 0.307 e. The Morgan fingerprint density at radius 3 is 2.25 bits per heavy atom. The summed E-state index contributed by atoms with van der Waals surface area (Å²) in [5, 5.41) is 5.46. The minimum Gasteiger partial charge on any atom is -0.466 e. The Balaban J connectivity index is 2.16. The average molecular weight is 512 g/mol. The lowest BCUT2D eigenvalue weighted by Crippen LogP contribution is -2.54. The van der Waals surface area contributed by atoms with Crippen LogP contribution >= 0.6 is 7.29 Å². The van der Waals surface area contributed by atoms with Crippen LogP contribution in [0.2, 0.25) is 0 Å². The zero-order valence-corrected chi connectivity index (χ0v) is 24.2. The van der Waals surface area contributed by atoms with Crippen LogP contribution in [0.15, 0.2) is 36.4 Å². The van der Waals surface area contributed by atoms with Gasteiger partial charge in [0.25, 0.3) is 0 Å². The number of benzene rings is 2. The molecule has 2 atom stereocenters. The smallest absolute Gasteiger partial charge is 0.307 e. The Bertz CT molecular complexity index is 1070. The van der Waals surface area contributed by atoms with Gasteiger partial charge in [-0.1, -0.05) is 74.4 Å². The number of rotatable bonds is 11. The fourth-order valence-corrected chi connectivity index (χ4v) is 9.13. The largest absolute Gasteiger partial charge is 0.466 e. The van der Waals surface area contributed by atoms with E-state index in [-0.39, 0.29) is 18.3 Å². The van der Waals surface area contributed by atoms with Gasteiger partial charge >= 0.3 is 5.97 Å². The summed E-state index contributed by atoms with van der Waals surface area (Å²) in [5.41, 5.74) is 3.69. The second-order valence-corrected chi connectivity index (χ2v) is 13.4. The third-order valence-electron chi connectivity index (χ3n) is 7.89. The number of aryl methyl sites for hydroxylation is 4. The summed E-state index contributed by atoms with van der Waals surface area (Å²) >= 11 is 0. The fourth-order valence-electron chi connectivity index (χ4n) is 5.83. The third-order valence-corrected chi connectivity index (χ3v) is 10.8. The van der Waals surface area contributed by atoms with Crippen LogP contribution in [0.4, 0.5) is 0 Å². The summed E-state index contributed by atoms with van der Waals surface area (Å²) in [7, 11) is -3.29. The van der Waals surface area contributed by atoms with Gasteiger partial charge in [0.15, 0.2) is 0 Å². The molecular weight excluding hydrogens is 465 g/mol. The molecule has 36 heavy (non-hydrogen) atoms. The molecule has 0 aliphatic heterocycles. The molecule has 2 aromatic rings. The predicted octanol–water partition coefficient (Wildman–Crippen LogP) is 7.20. The highest BCUT2D eigenvalue weighted by atomic mass is 31.2. The van der Waals surface area contributed by atoms with Crippen LogP contribution in [0.1, 0.15) is 93.9 Å². The molecule has 1 fully saturated rings. The second kappa shape index (κ2) is 12.6. The molecule has 1 N–H and O–H groups in total. The van der Waals surface area contributed by atoms with Crippen molar-refractivity contribution >= 4 is 23.9 Å². The zero-order chi connectivity index (χ0) is 26.3. The second-order valence-electron chi connectivity index (χ2n) is 11.0. The number of carbonyl (C=O) groups is 1. The minimum absolute atomic E-state index is 0.184. The first-order valence-corrected chi connectivity index (χ1v) is 15.6. The molecule has 2 aromatic carbocycles. The molecule has 1 saturated carbocycles. The van der Waals surface area contributed by atoms with Crippen LogP contribution in [0.25, 0.3) is 0 Å². The van der Waals surface area contributed by atoms with Crippen LogP contribution in [0.3, 0.4) is 0 Å². The van der Waals surface area contributed by atoms with Gasteiger partial charge in [-0.3, -0.25) is 14.4 Å². The van der Waals surface area contributed by atoms with Crippen molar-refractivity contribution in [2.75, 3.05) is 6.61 Å². The van der Waals surface area contributed by atoms with Gasteiger partial charge in [-0.05, 0) is 83.1 Å². The number of hydrogen-bond acceptors (Lipinski definition) is 3. The van der Waals surface area contributed by atoms with Crippen molar-refractivity contribution in [3.8, 4) is 0 Å². The van der Waals surface area contributed by atoms with E-state index in [1.54, 1.807) is 0 Å². The topological polar surface area (TPSA) is 55.4 Å². The van der Waals surface area contributed by atoms with Crippen molar-refractivity contribution in [1.82, 2.24) is 5.09 Å². The zero-order valence-electron chi connectivity index (χ0n) is 23.3. The minimum atomic E-state index is -3.29. The lowest BCUT2D eigenvalue weighted by atomic mass is 9.72. The van der Waals surface area contributed by atoms with E-state index in [0.717, 1.165) is 77.8 Å². The maximum atomic E-state index is 15.5. The Labute approximate surface area is 219 Å². The van der Waals surface area contributed by atoms with Gasteiger partial charge in [-0.25, -0.2) is 0 Å². The highest BCUT2D eigenvalue weighted by molar-refractivity contribution is 7.77. The van der Waals surface area contributed by atoms with Crippen LogP contribution in [0, 0.1) is 33.6 Å². The summed E-state index contributed by atoms with van der Waals surface area (Å²) in [6.45, 7) is 12.9. The van der Waals surface area contributed by atoms with Crippen LogP contribution in [-0.4, -0.2) is 18.1 Å². The van der Waals surface area contributed by atoms with Crippen molar-refractivity contribution in [3.05, 3.63) is 58.7 Å². The van der Waals surface area contributed by atoms with Crippen LogP contribution in [0.5, 0.6) is 0 Å². The van der Waals surface area contributed by atoms with Gasteiger partial charge in [0.1, 0.15) is 0 Å². The number of nitrogens with one attached hydrogen (secondary N) is 1. The number of unbranched alkanes of at least 4 members (excludes halogenated alkanes) is 1. The van der Waals surface area contributed by atoms with E-state index in [9.17, 15) is 4.79 Å². The van der Waals surface area contributed by atoms with E-state index in [4.69, 9.17) is 4.74 Å². The molecule has 3 rings (SSSR count). The van der Waals surface area contributed by atoms with Gasteiger partial charge in [-0.2, -0.15) is 0 Å². The molecule has 0 spiro atoms. The lowest BCUT2D eigenvalue weighted by molar-refractivity contribution is -0.146. The fraction of sp³-hybridized carbons (Fsp3) is 0.581. The van der Waals surface area contributed by atoms with Gasteiger partial charge in [-0.15, -0.1) is 0 Å². The number of carbonyl (C=O) groups excluding carboxylic acids is 1. The Hall–Kier alpha value is -1.90. The van der Waals surface area contributed by atoms with Crippen LogP contribution < -0.4 is 15.7 Å². The van der Waals surface area contributed by atoms with Gasteiger partial charge in [0.05, 0.1) is 13.0 Å². The highest BCUT2D eigenvalue weighted by Gasteiger charge is 2.46. The molecule has 0 saturated heterocycles. The van der Waals surface area contributed by atoms with E-state index in [1.807, 2.05) is 13.8 Å². The molecule has 0 amide bonds. The molecule has 1 unspecified atom stereocenters. The van der Waals surface area contributed by atoms with E-state index in [2.05, 4.69) is 69.2 Å². The standard InChI is InChI=1S/C31H46NO3P/c1-7-9-17-35-30(33)22-31(8-2,27-13-11-10-12-14-27)32-36(34,28-19-24(4)18-25(5)20-28)29-21-23(3)15-16-26(29)6/h15-16,18-21,27H,7-14,17,22H2,1-6H3,(H,32,34)/t31-,36?/m1/s1.